The summed E-state index contributed by atoms with van der Waals surface area (Å²) in [6, 6.07) is 13.4. The number of rotatable bonds is 15. The highest BCUT2D eigenvalue weighted by molar-refractivity contribution is 7.14. The molecule has 4 atom stereocenters. The van der Waals surface area contributed by atoms with Crippen molar-refractivity contribution < 1.29 is 19.1 Å². The Labute approximate surface area is 313 Å². The van der Waals surface area contributed by atoms with Crippen molar-refractivity contribution in [3.05, 3.63) is 57.8 Å². The van der Waals surface area contributed by atoms with Gasteiger partial charge in [-0.05, 0) is 115 Å². The molecule has 0 spiro atoms. The molecule has 0 bridgehead atoms. The molecule has 2 saturated heterocycles. The number of benzene rings is 1. The molecule has 4 heterocycles. The Hall–Kier alpha value is -3.32. The molecule has 0 unspecified atom stereocenters. The van der Waals surface area contributed by atoms with Crippen molar-refractivity contribution in [2.24, 2.45) is 22.4 Å². The Morgan fingerprint density at radius 3 is 2.46 bits per heavy atom. The third-order valence-electron chi connectivity index (χ3n) is 11.5. The lowest BCUT2D eigenvalue weighted by molar-refractivity contribution is -0.144. The smallest absolute Gasteiger partial charge is 0.288 e. The highest BCUT2D eigenvalue weighted by Crippen LogP contribution is 2.31. The Morgan fingerprint density at radius 1 is 0.981 bits per heavy atom. The molecular formula is C40H59N7O4S. The van der Waals surface area contributed by atoms with Gasteiger partial charge in [-0.15, -0.1) is 11.3 Å². The van der Waals surface area contributed by atoms with Crippen molar-refractivity contribution in [2.75, 3.05) is 45.8 Å². The number of nitrogens with two attached hydrogens (primary N) is 2. The van der Waals surface area contributed by atoms with E-state index in [1.54, 1.807) is 6.07 Å². The van der Waals surface area contributed by atoms with E-state index in [4.69, 9.17) is 21.2 Å². The normalized spacial score (nSPS) is 26.1. The fraction of sp³-hybridized carbons (Fsp3) is 0.650. The zero-order valence-electron chi connectivity index (χ0n) is 30.9. The van der Waals surface area contributed by atoms with Crippen LogP contribution in [0.15, 0.2) is 47.5 Å². The topological polar surface area (TPSA) is 147 Å². The van der Waals surface area contributed by atoms with Crippen LogP contribution >= 0.6 is 11.3 Å². The summed E-state index contributed by atoms with van der Waals surface area (Å²) in [4.78, 5) is 53.4. The number of unbranched alkanes of at least 4 members (excludes halogenated alkanes) is 1. The average Bonchev–Trinajstić information content (AvgIpc) is 3.83. The van der Waals surface area contributed by atoms with Gasteiger partial charge in [-0.1, -0.05) is 43.2 Å². The molecule has 284 valence electrons. The number of nitrogens with one attached hydrogen (secondary N) is 1. The molecule has 11 nitrogen and oxygen atoms in total. The first-order valence-electron chi connectivity index (χ1n) is 19.7. The molecule has 1 aromatic carbocycles. The lowest BCUT2D eigenvalue weighted by Crippen LogP contribution is -2.63. The molecule has 4 aliphatic rings. The van der Waals surface area contributed by atoms with Crippen LogP contribution in [-0.4, -0.2) is 108 Å². The van der Waals surface area contributed by atoms with E-state index < -0.39 is 11.9 Å². The van der Waals surface area contributed by atoms with E-state index >= 15 is 0 Å². The predicted octanol–water partition coefficient (Wildman–Crippen LogP) is 4.51. The Balaban J connectivity index is 1.17. The number of Topliss-reactive ketones (excluding diaryl/α,β-unsaturated/α-hetero) is 1. The number of amidine groups is 1. The summed E-state index contributed by atoms with van der Waals surface area (Å²) in [6.45, 7) is 7.48. The third-order valence-corrected chi connectivity index (χ3v) is 12.7. The number of piperazine rings is 1. The van der Waals surface area contributed by atoms with Gasteiger partial charge in [-0.2, -0.15) is 0 Å². The number of nitrogens with zero attached hydrogens (tertiary/aromatic N) is 4. The summed E-state index contributed by atoms with van der Waals surface area (Å²) < 4.78 is 6.45. The molecule has 12 heteroatoms. The molecule has 3 aliphatic heterocycles. The van der Waals surface area contributed by atoms with Crippen LogP contribution in [0, 0.1) is 5.92 Å². The lowest BCUT2D eigenvalue weighted by Gasteiger charge is -2.43. The summed E-state index contributed by atoms with van der Waals surface area (Å²) in [5.74, 6) is 0.118. The first-order chi connectivity index (χ1) is 25.3. The van der Waals surface area contributed by atoms with Gasteiger partial charge in [-0.25, -0.2) is 4.99 Å². The predicted molar refractivity (Wildman–Crippen MR) is 206 cm³/mol. The quantitative estimate of drug-likeness (QED) is 0.227. The van der Waals surface area contributed by atoms with Crippen LogP contribution in [0.1, 0.15) is 104 Å². The monoisotopic (exact) mass is 733 g/mol. The number of aryl methyl sites for hydroxylation is 1. The fourth-order valence-electron chi connectivity index (χ4n) is 8.38. The first kappa shape index (κ1) is 38.4. The number of aliphatic imine (C=N–C) groups is 1. The second kappa shape index (κ2) is 18.6. The van der Waals surface area contributed by atoms with Gasteiger partial charge in [0.15, 0.2) is 5.78 Å². The minimum atomic E-state index is -0.639. The third kappa shape index (κ3) is 10.0. The summed E-state index contributed by atoms with van der Waals surface area (Å²) in [7, 11) is 0. The Bertz CT molecular complexity index is 1500. The van der Waals surface area contributed by atoms with Crippen LogP contribution in [0.3, 0.4) is 0 Å². The number of ether oxygens (including phenoxy) is 1. The van der Waals surface area contributed by atoms with Gasteiger partial charge in [0, 0.05) is 37.0 Å². The Morgan fingerprint density at radius 2 is 1.75 bits per heavy atom. The number of hydrogen-bond donors (Lipinski definition) is 3. The van der Waals surface area contributed by atoms with Crippen LogP contribution in [0.2, 0.25) is 0 Å². The van der Waals surface area contributed by atoms with Gasteiger partial charge in [0.2, 0.25) is 5.91 Å². The van der Waals surface area contributed by atoms with Crippen molar-refractivity contribution in [2.45, 2.75) is 114 Å². The average molecular weight is 734 g/mol. The first-order valence-corrected chi connectivity index (χ1v) is 20.5. The van der Waals surface area contributed by atoms with E-state index in [0.717, 1.165) is 68.5 Å². The number of thiophene rings is 1. The lowest BCUT2D eigenvalue weighted by atomic mass is 9.85. The molecule has 6 rings (SSSR count). The largest absolute Gasteiger partial charge is 0.455 e. The molecule has 1 aliphatic carbocycles. The van der Waals surface area contributed by atoms with Crippen molar-refractivity contribution in [3.63, 3.8) is 0 Å². The number of carbonyl (C=O) groups excluding carboxylic acids is 3. The van der Waals surface area contributed by atoms with Crippen LogP contribution in [-0.2, 0) is 20.7 Å². The molecule has 0 radical (unpaired) electrons. The molecular weight excluding hydrogens is 675 g/mol. The number of carbonyl (C=O) groups is 3. The molecule has 2 aromatic rings. The van der Waals surface area contributed by atoms with Crippen molar-refractivity contribution in [3.8, 4) is 0 Å². The van der Waals surface area contributed by atoms with Crippen molar-refractivity contribution in [1.29, 1.82) is 0 Å². The highest BCUT2D eigenvalue weighted by atomic mass is 32.1. The molecule has 1 aromatic heterocycles. The minimum absolute atomic E-state index is 0.00522. The zero-order chi connectivity index (χ0) is 36.5. The van der Waals surface area contributed by atoms with E-state index in [0.29, 0.717) is 42.9 Å². The molecule has 2 amide bonds. The van der Waals surface area contributed by atoms with Crippen LogP contribution in [0.25, 0.3) is 0 Å². The summed E-state index contributed by atoms with van der Waals surface area (Å²) >= 11 is 1.33. The highest BCUT2D eigenvalue weighted by Gasteiger charge is 2.41. The number of amides is 2. The number of ketones is 1. The SMILES string of the molecule is C[C@@H]1N=C(N2CCN(C(=O)[C@@H](CCCCN3CCCCC3)NC3CCC(CN)CC3)[C@H](C(=O)CCc3ccc(C(N)=O)s3)C2)O[C@H]1c1ccccc1. The van der Waals surface area contributed by atoms with Crippen molar-refractivity contribution in [1.82, 2.24) is 20.0 Å². The summed E-state index contributed by atoms with van der Waals surface area (Å²) in [5.41, 5.74) is 12.6. The summed E-state index contributed by atoms with van der Waals surface area (Å²) in [6.07, 6.45) is 11.4. The van der Waals surface area contributed by atoms with E-state index in [1.165, 1.54) is 43.7 Å². The molecule has 5 N–H and O–H groups in total. The maximum Gasteiger partial charge on any atom is 0.288 e. The van der Waals surface area contributed by atoms with Gasteiger partial charge < -0.3 is 36.2 Å². The van der Waals surface area contributed by atoms with Gasteiger partial charge in [-0.3, -0.25) is 14.4 Å². The van der Waals surface area contributed by atoms with Gasteiger partial charge in [0.05, 0.1) is 17.0 Å². The Kier molecular flexibility index (Phi) is 13.8. The van der Waals surface area contributed by atoms with Gasteiger partial charge in [0.1, 0.15) is 12.1 Å². The number of primary amides is 1. The standard InChI is InChI=1S/C40H59N7O4S/c1-28-37(30-10-4-2-5-11-30)51-40(43-28)46-24-25-47(34(27-46)35(48)19-17-32-18-20-36(52-32)38(42)49)39(50)33(44-31-15-13-29(26-41)14-16-31)12-6-9-23-45-21-7-3-8-22-45/h2,4-5,10-11,18,20,28-29,31,33-34,37,44H,3,6-9,12-17,19,21-27,41H2,1H3,(H2,42,49)/t28-,29?,31?,33+,34-,37+/m0/s1. The van der Waals surface area contributed by atoms with Crippen molar-refractivity contribution >= 4 is 35.0 Å². The number of likely N-dealkylation sites (tertiary alicyclic amines) is 1. The minimum Gasteiger partial charge on any atom is -0.455 e. The summed E-state index contributed by atoms with van der Waals surface area (Å²) in [5, 5.41) is 3.80. The zero-order valence-corrected chi connectivity index (χ0v) is 31.7. The van der Waals surface area contributed by atoms with E-state index in [1.807, 2.05) is 29.2 Å². The van der Waals surface area contributed by atoms with Gasteiger partial charge in [0.25, 0.3) is 11.9 Å². The van der Waals surface area contributed by atoms with E-state index in [9.17, 15) is 14.4 Å². The van der Waals surface area contributed by atoms with Crippen LogP contribution in [0.5, 0.6) is 0 Å². The maximum atomic E-state index is 14.7. The van der Waals surface area contributed by atoms with Crippen LogP contribution < -0.4 is 16.8 Å². The maximum absolute atomic E-state index is 14.7. The van der Waals surface area contributed by atoms with Gasteiger partial charge >= 0.3 is 0 Å². The van der Waals surface area contributed by atoms with E-state index in [2.05, 4.69) is 34.2 Å². The number of piperidine rings is 1. The van der Waals surface area contributed by atoms with E-state index in [-0.39, 0.29) is 42.3 Å². The molecule has 3 fully saturated rings. The molecule has 1 saturated carbocycles. The van der Waals surface area contributed by atoms with Crippen LogP contribution in [0.4, 0.5) is 0 Å². The fourth-order valence-corrected chi connectivity index (χ4v) is 9.24. The second-order valence-corrected chi connectivity index (χ2v) is 16.4. The second-order valence-electron chi connectivity index (χ2n) is 15.3. The molecule has 52 heavy (non-hydrogen) atoms. The number of hydrogen-bond acceptors (Lipinski definition) is 10.